The molecule has 0 radical (unpaired) electrons. The minimum atomic E-state index is -5.98. The number of benzene rings is 1. The number of hydrogen-bond donors (Lipinski definition) is 0. The number of aromatic nitrogens is 2. The van der Waals surface area contributed by atoms with Crippen molar-refractivity contribution in [3.8, 4) is 11.6 Å². The molecule has 0 spiro atoms. The van der Waals surface area contributed by atoms with E-state index >= 15 is 0 Å². The second-order valence-corrected chi connectivity index (χ2v) is 7.61. The quantitative estimate of drug-likeness (QED) is 0.383. The summed E-state index contributed by atoms with van der Waals surface area (Å²) >= 11 is 0. The molecule has 0 fully saturated rings. The molecular weight excluding hydrogens is 419 g/mol. The third-order valence-electron chi connectivity index (χ3n) is 3.92. The molecule has 0 saturated heterocycles. The Morgan fingerprint density at radius 2 is 1.72 bits per heavy atom. The van der Waals surface area contributed by atoms with Gasteiger partial charge in [0.05, 0.1) is 25.3 Å². The van der Waals surface area contributed by atoms with Crippen LogP contribution in [0.25, 0.3) is 11.0 Å². The van der Waals surface area contributed by atoms with Gasteiger partial charge in [0.15, 0.2) is 5.82 Å². The summed E-state index contributed by atoms with van der Waals surface area (Å²) < 4.78 is 75.3. The normalized spacial score (nSPS) is 12.2. The van der Waals surface area contributed by atoms with Crippen molar-refractivity contribution in [1.82, 2.24) is 9.97 Å². The molecule has 2 rings (SSSR count). The number of fused-ring (bicyclic) bond motifs is 1. The van der Waals surface area contributed by atoms with Gasteiger partial charge < -0.3 is 18.6 Å². The molecular formula is C16H18F3N3O6S. The topological polar surface area (TPSA) is 108 Å². The summed E-state index contributed by atoms with van der Waals surface area (Å²) in [6, 6.07) is 2.18. The fourth-order valence-electron chi connectivity index (χ4n) is 2.18. The maximum atomic E-state index is 12.8. The van der Waals surface area contributed by atoms with Gasteiger partial charge in [-0.3, -0.25) is 0 Å². The second kappa shape index (κ2) is 7.89. The van der Waals surface area contributed by atoms with E-state index in [0.29, 0.717) is 0 Å². The van der Waals surface area contributed by atoms with E-state index in [2.05, 4.69) is 18.9 Å². The van der Waals surface area contributed by atoms with Crippen LogP contribution < -0.4 is 13.8 Å². The van der Waals surface area contributed by atoms with Gasteiger partial charge in [-0.2, -0.15) is 21.6 Å². The minimum Gasteiger partial charge on any atom is -0.496 e. The van der Waals surface area contributed by atoms with Gasteiger partial charge in [0, 0.05) is 19.2 Å². The Labute approximate surface area is 164 Å². The van der Waals surface area contributed by atoms with Gasteiger partial charge in [0.1, 0.15) is 11.3 Å². The highest BCUT2D eigenvalue weighted by Gasteiger charge is 2.49. The first kappa shape index (κ1) is 22.5. The smallest absolute Gasteiger partial charge is 0.496 e. The largest absolute Gasteiger partial charge is 0.534 e. The van der Waals surface area contributed by atoms with Gasteiger partial charge in [-0.05, 0) is 19.9 Å². The van der Waals surface area contributed by atoms with Crippen molar-refractivity contribution in [2.24, 2.45) is 0 Å². The van der Waals surface area contributed by atoms with Crippen LogP contribution in [0.3, 0.4) is 0 Å². The van der Waals surface area contributed by atoms with Crippen LogP contribution in [0.2, 0.25) is 0 Å². The summed E-state index contributed by atoms with van der Waals surface area (Å²) in [7, 11) is -2.09. The maximum absolute atomic E-state index is 12.8. The molecule has 9 nitrogen and oxygen atoms in total. The molecule has 0 aliphatic rings. The maximum Gasteiger partial charge on any atom is 0.534 e. The van der Waals surface area contributed by atoms with E-state index in [4.69, 9.17) is 4.74 Å². The third kappa shape index (κ3) is 4.44. The van der Waals surface area contributed by atoms with Gasteiger partial charge in [-0.15, -0.1) is 0 Å². The predicted molar refractivity (Wildman–Crippen MR) is 96.6 cm³/mol. The molecule has 160 valence electrons. The summed E-state index contributed by atoms with van der Waals surface area (Å²) in [6.45, 7) is 3.39. The Morgan fingerprint density at radius 1 is 1.14 bits per heavy atom. The van der Waals surface area contributed by atoms with Crippen molar-refractivity contribution < 1.29 is 40.0 Å². The number of alkyl halides is 3. The standard InChI is InChI=1S/C16H18F3N3O6S/c1-8(2)22(3)13-14(28-29(24,25)16(17,18)19)21-11-7-12(26-4)9(15(23)27-5)6-10(11)20-13/h6-8H,1-5H3. The molecule has 0 unspecified atom stereocenters. The van der Waals surface area contributed by atoms with Gasteiger partial charge >= 0.3 is 21.6 Å². The molecule has 2 aromatic rings. The van der Waals surface area contributed by atoms with Crippen LogP contribution in [0, 0.1) is 0 Å². The van der Waals surface area contributed by atoms with Crippen molar-refractivity contribution in [3.63, 3.8) is 0 Å². The predicted octanol–water partition coefficient (Wildman–Crippen LogP) is 2.50. The van der Waals surface area contributed by atoms with Crippen LogP contribution in [0.1, 0.15) is 24.2 Å². The van der Waals surface area contributed by atoms with Crippen LogP contribution >= 0.6 is 0 Å². The Balaban J connectivity index is 2.78. The molecule has 0 N–H and O–H groups in total. The van der Waals surface area contributed by atoms with E-state index in [1.807, 2.05) is 0 Å². The average molecular weight is 437 g/mol. The molecule has 13 heteroatoms. The highest BCUT2D eigenvalue weighted by molar-refractivity contribution is 7.88. The van der Waals surface area contributed by atoms with Crippen molar-refractivity contribution in [1.29, 1.82) is 0 Å². The number of methoxy groups -OCH3 is 2. The van der Waals surface area contributed by atoms with E-state index in [0.717, 1.165) is 7.11 Å². The van der Waals surface area contributed by atoms with Gasteiger partial charge in [0.25, 0.3) is 5.88 Å². The summed E-state index contributed by atoms with van der Waals surface area (Å²) in [6.07, 6.45) is 0. The zero-order valence-electron chi connectivity index (χ0n) is 16.1. The van der Waals surface area contributed by atoms with Crippen molar-refractivity contribution in [2.75, 3.05) is 26.2 Å². The Morgan fingerprint density at radius 3 is 2.21 bits per heavy atom. The Bertz CT molecular complexity index is 1040. The zero-order chi connectivity index (χ0) is 22.1. The molecule has 0 atom stereocenters. The van der Waals surface area contributed by atoms with E-state index in [1.165, 1.54) is 31.2 Å². The van der Waals surface area contributed by atoms with Gasteiger partial charge in [0.2, 0.25) is 0 Å². The molecule has 29 heavy (non-hydrogen) atoms. The molecule has 1 aromatic carbocycles. The first-order valence-corrected chi connectivity index (χ1v) is 9.45. The lowest BCUT2D eigenvalue weighted by Crippen LogP contribution is -2.31. The fraction of sp³-hybridized carbons (Fsp3) is 0.438. The van der Waals surface area contributed by atoms with E-state index in [1.54, 1.807) is 13.8 Å². The van der Waals surface area contributed by atoms with Crippen molar-refractivity contribution in [3.05, 3.63) is 17.7 Å². The minimum absolute atomic E-state index is 0.00605. The molecule has 0 amide bonds. The summed E-state index contributed by atoms with van der Waals surface area (Å²) in [5, 5.41) is 0. The first-order chi connectivity index (χ1) is 13.3. The number of halogens is 3. The van der Waals surface area contributed by atoms with Crippen LogP contribution in [-0.2, 0) is 14.9 Å². The SMILES string of the molecule is COC(=O)c1cc2nc(N(C)C(C)C)c(OS(=O)(=O)C(F)(F)F)nc2cc1OC. The second-order valence-electron chi connectivity index (χ2n) is 6.07. The number of hydrogen-bond acceptors (Lipinski definition) is 9. The average Bonchev–Trinajstić information content (AvgIpc) is 2.63. The van der Waals surface area contributed by atoms with E-state index < -0.39 is 27.5 Å². The number of anilines is 1. The molecule has 1 heterocycles. The number of carbonyl (C=O) groups is 1. The van der Waals surface area contributed by atoms with Crippen LogP contribution in [-0.4, -0.2) is 57.2 Å². The lowest BCUT2D eigenvalue weighted by molar-refractivity contribution is -0.0501. The lowest BCUT2D eigenvalue weighted by Gasteiger charge is -2.24. The van der Waals surface area contributed by atoms with E-state index in [-0.39, 0.29) is 34.2 Å². The third-order valence-corrected chi connectivity index (χ3v) is 4.87. The van der Waals surface area contributed by atoms with Crippen molar-refractivity contribution >= 4 is 32.9 Å². The van der Waals surface area contributed by atoms with Gasteiger partial charge in [-0.1, -0.05) is 0 Å². The first-order valence-electron chi connectivity index (χ1n) is 8.04. The Kier molecular flexibility index (Phi) is 6.11. The summed E-state index contributed by atoms with van der Waals surface area (Å²) in [4.78, 5) is 21.3. The van der Waals surface area contributed by atoms with Crippen LogP contribution in [0.5, 0.6) is 11.6 Å². The lowest BCUT2D eigenvalue weighted by atomic mass is 10.1. The van der Waals surface area contributed by atoms with Gasteiger partial charge in [-0.25, -0.2) is 14.8 Å². The molecule has 0 bridgehead atoms. The van der Waals surface area contributed by atoms with Crippen LogP contribution in [0.4, 0.5) is 19.0 Å². The molecule has 0 saturated carbocycles. The fourth-order valence-corrected chi connectivity index (χ4v) is 2.59. The van der Waals surface area contributed by atoms with E-state index in [9.17, 15) is 26.4 Å². The summed E-state index contributed by atoms with van der Waals surface area (Å²) in [5.41, 5.74) is -5.61. The molecule has 0 aliphatic carbocycles. The number of carbonyl (C=O) groups excluding carboxylic acids is 1. The number of ether oxygens (including phenoxy) is 2. The Hall–Kier alpha value is -2.83. The monoisotopic (exact) mass is 437 g/mol. The zero-order valence-corrected chi connectivity index (χ0v) is 16.9. The number of rotatable bonds is 6. The molecule has 0 aliphatic heterocycles. The van der Waals surface area contributed by atoms with Crippen molar-refractivity contribution in [2.45, 2.75) is 25.4 Å². The summed E-state index contributed by atoms with van der Waals surface area (Å²) in [5.74, 6) is -1.85. The van der Waals surface area contributed by atoms with Crippen LogP contribution in [0.15, 0.2) is 12.1 Å². The number of nitrogens with zero attached hydrogens (tertiary/aromatic N) is 3. The highest BCUT2D eigenvalue weighted by Crippen LogP contribution is 2.34. The highest BCUT2D eigenvalue weighted by atomic mass is 32.2. The molecule has 1 aromatic heterocycles. The number of esters is 1.